The van der Waals surface area contributed by atoms with Crippen LogP contribution >= 0.6 is 0 Å². The number of benzene rings is 1. The molecular weight excluding hydrogens is 222 g/mol. The van der Waals surface area contributed by atoms with Crippen molar-refractivity contribution < 1.29 is 19.3 Å². The highest BCUT2D eigenvalue weighted by Crippen LogP contribution is 2.39. The Bertz CT molecular complexity index is 343. The summed E-state index contributed by atoms with van der Waals surface area (Å²) >= 11 is 0. The number of aliphatic hydroxyl groups excluding tert-OH is 1. The smallest absolute Gasteiger partial charge is 0.203 e. The number of hydrogen-bond acceptors (Lipinski definition) is 5. The van der Waals surface area contributed by atoms with Crippen molar-refractivity contribution in [3.63, 3.8) is 0 Å². The molecular formula is C12H19NO4. The third-order valence-electron chi connectivity index (χ3n) is 2.47. The van der Waals surface area contributed by atoms with Crippen molar-refractivity contribution in [3.8, 4) is 17.2 Å². The standard InChI is InChI=1S/C12H19NO4/c1-13-7-9(14)8-5-10(15-2)12(17-4)11(6-8)16-3/h5-6,9,13-14H,7H2,1-4H3/t9-/m1/s1. The Hall–Kier alpha value is -1.46. The molecule has 17 heavy (non-hydrogen) atoms. The van der Waals surface area contributed by atoms with E-state index in [1.807, 2.05) is 0 Å². The fourth-order valence-corrected chi connectivity index (χ4v) is 1.60. The second kappa shape index (κ2) is 6.32. The van der Waals surface area contributed by atoms with Crippen molar-refractivity contribution in [2.45, 2.75) is 6.10 Å². The first-order valence-corrected chi connectivity index (χ1v) is 5.30. The van der Waals surface area contributed by atoms with E-state index in [-0.39, 0.29) is 0 Å². The highest BCUT2D eigenvalue weighted by molar-refractivity contribution is 5.54. The van der Waals surface area contributed by atoms with Crippen molar-refractivity contribution in [2.75, 3.05) is 34.9 Å². The van der Waals surface area contributed by atoms with E-state index in [4.69, 9.17) is 14.2 Å². The lowest BCUT2D eigenvalue weighted by molar-refractivity contribution is 0.176. The number of likely N-dealkylation sites (N-methyl/N-ethyl adjacent to an activating group) is 1. The van der Waals surface area contributed by atoms with Crippen LogP contribution in [0.5, 0.6) is 17.2 Å². The van der Waals surface area contributed by atoms with Crippen LogP contribution in [-0.2, 0) is 0 Å². The molecule has 0 fully saturated rings. The van der Waals surface area contributed by atoms with Gasteiger partial charge in [-0.2, -0.15) is 0 Å². The van der Waals surface area contributed by atoms with E-state index in [0.717, 1.165) is 0 Å². The van der Waals surface area contributed by atoms with Crippen LogP contribution in [0.3, 0.4) is 0 Å². The lowest BCUT2D eigenvalue weighted by atomic mass is 10.1. The molecule has 0 amide bonds. The normalized spacial score (nSPS) is 12.1. The summed E-state index contributed by atoms with van der Waals surface area (Å²) in [6.45, 7) is 0.457. The fraction of sp³-hybridized carbons (Fsp3) is 0.500. The Morgan fingerprint density at radius 2 is 1.65 bits per heavy atom. The monoisotopic (exact) mass is 241 g/mol. The van der Waals surface area contributed by atoms with Gasteiger partial charge in [-0.15, -0.1) is 0 Å². The molecule has 0 aromatic heterocycles. The van der Waals surface area contributed by atoms with Gasteiger partial charge >= 0.3 is 0 Å². The van der Waals surface area contributed by atoms with Gasteiger partial charge in [0.1, 0.15) is 0 Å². The number of ether oxygens (including phenoxy) is 3. The van der Waals surface area contributed by atoms with Gasteiger partial charge in [-0.25, -0.2) is 0 Å². The third kappa shape index (κ3) is 3.01. The zero-order valence-corrected chi connectivity index (χ0v) is 10.6. The van der Waals surface area contributed by atoms with Crippen LogP contribution in [0.25, 0.3) is 0 Å². The summed E-state index contributed by atoms with van der Waals surface area (Å²) < 4.78 is 15.6. The molecule has 96 valence electrons. The van der Waals surface area contributed by atoms with Gasteiger partial charge in [0.2, 0.25) is 5.75 Å². The number of hydrogen-bond donors (Lipinski definition) is 2. The molecule has 0 aliphatic rings. The van der Waals surface area contributed by atoms with Gasteiger partial charge in [-0.1, -0.05) is 0 Å². The molecule has 5 nitrogen and oxygen atoms in total. The Balaban J connectivity index is 3.17. The Morgan fingerprint density at radius 1 is 1.12 bits per heavy atom. The SMILES string of the molecule is CNC[C@@H](O)c1cc(OC)c(OC)c(OC)c1. The van der Waals surface area contributed by atoms with Gasteiger partial charge < -0.3 is 24.6 Å². The van der Waals surface area contributed by atoms with Crippen LogP contribution in [0, 0.1) is 0 Å². The molecule has 0 spiro atoms. The summed E-state index contributed by atoms with van der Waals surface area (Å²) in [7, 11) is 6.42. The van der Waals surface area contributed by atoms with Crippen molar-refractivity contribution >= 4 is 0 Å². The molecule has 0 aliphatic heterocycles. The molecule has 0 bridgehead atoms. The molecule has 0 saturated heterocycles. The molecule has 1 aromatic rings. The maximum Gasteiger partial charge on any atom is 0.203 e. The van der Waals surface area contributed by atoms with Crippen molar-refractivity contribution in [2.24, 2.45) is 0 Å². The predicted octanol–water partition coefficient (Wildman–Crippen LogP) is 0.965. The summed E-state index contributed by atoms with van der Waals surface area (Å²) in [6.07, 6.45) is -0.617. The topological polar surface area (TPSA) is 60.0 Å². The molecule has 5 heteroatoms. The molecule has 2 N–H and O–H groups in total. The number of methoxy groups -OCH3 is 3. The zero-order chi connectivity index (χ0) is 12.8. The predicted molar refractivity (Wildman–Crippen MR) is 65.0 cm³/mol. The van der Waals surface area contributed by atoms with Crippen molar-refractivity contribution in [1.29, 1.82) is 0 Å². The van der Waals surface area contributed by atoms with E-state index in [9.17, 15) is 5.11 Å². The first kappa shape index (κ1) is 13.6. The van der Waals surface area contributed by atoms with Crippen molar-refractivity contribution in [1.82, 2.24) is 5.32 Å². The molecule has 0 heterocycles. The van der Waals surface area contributed by atoms with Gasteiger partial charge in [0, 0.05) is 6.54 Å². The van der Waals surface area contributed by atoms with Crippen LogP contribution in [-0.4, -0.2) is 40.0 Å². The number of nitrogens with one attached hydrogen (secondary N) is 1. The first-order valence-electron chi connectivity index (χ1n) is 5.30. The largest absolute Gasteiger partial charge is 0.493 e. The Kier molecular flexibility index (Phi) is 5.06. The molecule has 1 aromatic carbocycles. The van der Waals surface area contributed by atoms with Crippen LogP contribution in [0.4, 0.5) is 0 Å². The fourth-order valence-electron chi connectivity index (χ4n) is 1.60. The Morgan fingerprint density at radius 3 is 2.00 bits per heavy atom. The van der Waals surface area contributed by atoms with Gasteiger partial charge in [-0.05, 0) is 24.7 Å². The van der Waals surface area contributed by atoms with Crippen LogP contribution in [0.15, 0.2) is 12.1 Å². The third-order valence-corrected chi connectivity index (χ3v) is 2.47. The molecule has 0 radical (unpaired) electrons. The lowest BCUT2D eigenvalue weighted by Crippen LogP contribution is -2.16. The minimum atomic E-state index is -0.617. The van der Waals surface area contributed by atoms with Gasteiger partial charge in [0.25, 0.3) is 0 Å². The van der Waals surface area contributed by atoms with Crippen LogP contribution in [0.2, 0.25) is 0 Å². The number of aliphatic hydroxyl groups is 1. The van der Waals surface area contributed by atoms with Crippen LogP contribution < -0.4 is 19.5 Å². The average molecular weight is 241 g/mol. The van der Waals surface area contributed by atoms with E-state index < -0.39 is 6.10 Å². The van der Waals surface area contributed by atoms with E-state index in [2.05, 4.69) is 5.32 Å². The minimum Gasteiger partial charge on any atom is -0.493 e. The summed E-state index contributed by atoms with van der Waals surface area (Å²) in [5.74, 6) is 1.60. The molecule has 1 rings (SSSR count). The van der Waals surface area contributed by atoms with E-state index in [1.54, 1.807) is 40.5 Å². The highest BCUT2D eigenvalue weighted by atomic mass is 16.5. The maximum atomic E-state index is 9.91. The van der Waals surface area contributed by atoms with E-state index in [0.29, 0.717) is 29.4 Å². The average Bonchev–Trinajstić information content (AvgIpc) is 2.37. The second-order valence-corrected chi connectivity index (χ2v) is 3.53. The van der Waals surface area contributed by atoms with Gasteiger partial charge in [0.05, 0.1) is 27.4 Å². The van der Waals surface area contributed by atoms with Crippen LogP contribution in [0.1, 0.15) is 11.7 Å². The lowest BCUT2D eigenvalue weighted by Gasteiger charge is -2.16. The van der Waals surface area contributed by atoms with E-state index >= 15 is 0 Å². The van der Waals surface area contributed by atoms with Gasteiger partial charge in [0.15, 0.2) is 11.5 Å². The summed E-state index contributed by atoms with van der Waals surface area (Å²) in [5.41, 5.74) is 0.717. The summed E-state index contributed by atoms with van der Waals surface area (Å²) in [6, 6.07) is 3.48. The Labute approximate surface area is 101 Å². The molecule has 0 aliphatic carbocycles. The zero-order valence-electron chi connectivity index (χ0n) is 10.6. The number of rotatable bonds is 6. The maximum absolute atomic E-state index is 9.91. The molecule has 1 atom stereocenters. The molecule has 0 unspecified atom stereocenters. The highest BCUT2D eigenvalue weighted by Gasteiger charge is 2.16. The van der Waals surface area contributed by atoms with E-state index in [1.165, 1.54) is 0 Å². The van der Waals surface area contributed by atoms with Gasteiger partial charge in [-0.3, -0.25) is 0 Å². The second-order valence-electron chi connectivity index (χ2n) is 3.53. The molecule has 0 saturated carbocycles. The summed E-state index contributed by atoms with van der Waals surface area (Å²) in [4.78, 5) is 0. The summed E-state index contributed by atoms with van der Waals surface area (Å²) in [5, 5.41) is 12.8. The minimum absolute atomic E-state index is 0.457. The van der Waals surface area contributed by atoms with Crippen molar-refractivity contribution in [3.05, 3.63) is 17.7 Å². The first-order chi connectivity index (χ1) is 8.17. The quantitative estimate of drug-likeness (QED) is 0.777.